The summed E-state index contributed by atoms with van der Waals surface area (Å²) in [6.07, 6.45) is 9.38. The zero-order valence-electron chi connectivity index (χ0n) is 19.0. The second kappa shape index (κ2) is 10.2. The number of hydrogen-bond acceptors (Lipinski definition) is 3. The molecule has 1 aliphatic carbocycles. The number of aryl methyl sites for hydroxylation is 2. The third kappa shape index (κ3) is 5.07. The average Bonchev–Trinajstić information content (AvgIpc) is 3.12. The molecule has 0 bridgehead atoms. The van der Waals surface area contributed by atoms with Gasteiger partial charge in [-0.2, -0.15) is 4.31 Å². The molecule has 1 N–H and O–H groups in total. The van der Waals surface area contributed by atoms with Gasteiger partial charge in [0.05, 0.1) is 10.9 Å². The van der Waals surface area contributed by atoms with Crippen molar-refractivity contribution in [3.8, 4) is 0 Å². The zero-order valence-corrected chi connectivity index (χ0v) is 19.8. The van der Waals surface area contributed by atoms with E-state index in [4.69, 9.17) is 0 Å². The normalized spacial score (nSPS) is 18.4. The Labute approximate surface area is 192 Å². The fourth-order valence-corrected chi connectivity index (χ4v) is 6.43. The van der Waals surface area contributed by atoms with Crippen molar-refractivity contribution in [2.24, 2.45) is 0 Å². The Balaban J connectivity index is 1.52. The van der Waals surface area contributed by atoms with Crippen LogP contribution in [0.2, 0.25) is 0 Å². The molecule has 1 fully saturated rings. The minimum absolute atomic E-state index is 0.0967. The molecule has 2 aromatic rings. The minimum atomic E-state index is -3.58. The van der Waals surface area contributed by atoms with Gasteiger partial charge in [0.1, 0.15) is 0 Å². The number of carbonyl (C=O) groups excluding carboxylic acids is 1. The summed E-state index contributed by atoms with van der Waals surface area (Å²) in [6.45, 7) is 3.16. The van der Waals surface area contributed by atoms with Gasteiger partial charge < -0.3 is 5.32 Å². The first-order valence-corrected chi connectivity index (χ1v) is 13.5. The standard InChI is InChI=1S/C26H34N2O3S/c1-2-25(22-15-14-20-10-5-6-11-21(20)18-22)27-26(29)23-12-9-13-24(19-23)32(30,31)28-16-7-3-4-8-17-28/h9,12-15,18-19,25H,2-8,10-11,16-17H2,1H3,(H,27,29)/t25-/m0/s1. The highest BCUT2D eigenvalue weighted by molar-refractivity contribution is 7.89. The molecule has 1 aliphatic heterocycles. The van der Waals surface area contributed by atoms with E-state index in [1.807, 2.05) is 0 Å². The van der Waals surface area contributed by atoms with E-state index >= 15 is 0 Å². The predicted octanol–water partition coefficient (Wildman–Crippen LogP) is 5.01. The van der Waals surface area contributed by atoms with Crippen LogP contribution in [0.4, 0.5) is 0 Å². The number of nitrogens with one attached hydrogen (secondary N) is 1. The fraction of sp³-hybridized carbons (Fsp3) is 0.500. The van der Waals surface area contributed by atoms with Crippen LogP contribution in [0.1, 0.15) is 85.0 Å². The summed E-state index contributed by atoms with van der Waals surface area (Å²) in [4.78, 5) is 13.3. The first-order valence-electron chi connectivity index (χ1n) is 12.0. The molecule has 0 spiro atoms. The summed E-state index contributed by atoms with van der Waals surface area (Å²) in [5, 5.41) is 3.13. The molecule has 32 heavy (non-hydrogen) atoms. The molecule has 6 heteroatoms. The summed E-state index contributed by atoms with van der Waals surface area (Å²) in [7, 11) is -3.58. The Kier molecular flexibility index (Phi) is 7.31. The van der Waals surface area contributed by atoms with E-state index in [1.54, 1.807) is 22.5 Å². The molecule has 2 aromatic carbocycles. The molecule has 0 radical (unpaired) electrons. The molecule has 0 unspecified atom stereocenters. The Morgan fingerprint density at radius 2 is 1.66 bits per heavy atom. The van der Waals surface area contributed by atoms with Crippen LogP contribution < -0.4 is 5.32 Å². The van der Waals surface area contributed by atoms with E-state index in [0.717, 1.165) is 50.5 Å². The molecule has 172 valence electrons. The minimum Gasteiger partial charge on any atom is -0.345 e. The summed E-state index contributed by atoms with van der Waals surface area (Å²) in [5.41, 5.74) is 4.33. The highest BCUT2D eigenvalue weighted by atomic mass is 32.2. The number of fused-ring (bicyclic) bond motifs is 1. The zero-order chi connectivity index (χ0) is 22.6. The summed E-state index contributed by atoms with van der Waals surface area (Å²) in [6, 6.07) is 12.9. The van der Waals surface area contributed by atoms with Gasteiger partial charge in [-0.3, -0.25) is 4.79 Å². The number of carbonyl (C=O) groups is 1. The van der Waals surface area contributed by atoms with Gasteiger partial charge in [0.15, 0.2) is 0 Å². The molecule has 1 saturated heterocycles. The van der Waals surface area contributed by atoms with Crippen LogP contribution in [0.3, 0.4) is 0 Å². The van der Waals surface area contributed by atoms with Gasteiger partial charge in [0.25, 0.3) is 5.91 Å². The number of hydrogen-bond donors (Lipinski definition) is 1. The van der Waals surface area contributed by atoms with E-state index < -0.39 is 10.0 Å². The number of benzene rings is 2. The van der Waals surface area contributed by atoms with Gasteiger partial charge in [0.2, 0.25) is 10.0 Å². The average molecular weight is 455 g/mol. The van der Waals surface area contributed by atoms with Gasteiger partial charge in [-0.1, -0.05) is 44.0 Å². The SMILES string of the molecule is CC[C@H](NC(=O)c1cccc(S(=O)(=O)N2CCCCCC2)c1)c1ccc2c(c1)CCCC2. The van der Waals surface area contributed by atoms with Crippen LogP contribution in [0.25, 0.3) is 0 Å². The molecule has 0 aromatic heterocycles. The van der Waals surface area contributed by atoms with Crippen molar-refractivity contribution < 1.29 is 13.2 Å². The summed E-state index contributed by atoms with van der Waals surface area (Å²) >= 11 is 0. The lowest BCUT2D eigenvalue weighted by Crippen LogP contribution is -2.32. The van der Waals surface area contributed by atoms with E-state index in [9.17, 15) is 13.2 Å². The van der Waals surface area contributed by atoms with Crippen molar-refractivity contribution in [1.82, 2.24) is 9.62 Å². The van der Waals surface area contributed by atoms with Crippen LogP contribution in [-0.4, -0.2) is 31.7 Å². The Morgan fingerprint density at radius 1 is 0.938 bits per heavy atom. The smallest absolute Gasteiger partial charge is 0.251 e. The van der Waals surface area contributed by atoms with Gasteiger partial charge in [0, 0.05) is 18.7 Å². The van der Waals surface area contributed by atoms with Gasteiger partial charge in [-0.25, -0.2) is 8.42 Å². The van der Waals surface area contributed by atoms with Crippen molar-refractivity contribution in [3.05, 3.63) is 64.7 Å². The molecule has 1 heterocycles. The van der Waals surface area contributed by atoms with E-state index in [-0.39, 0.29) is 16.8 Å². The van der Waals surface area contributed by atoms with Gasteiger partial charge >= 0.3 is 0 Å². The van der Waals surface area contributed by atoms with Crippen LogP contribution in [-0.2, 0) is 22.9 Å². The Morgan fingerprint density at radius 3 is 2.38 bits per heavy atom. The van der Waals surface area contributed by atoms with Crippen molar-refractivity contribution in [1.29, 1.82) is 0 Å². The molecule has 2 aliphatic rings. The van der Waals surface area contributed by atoms with Crippen LogP contribution in [0.15, 0.2) is 47.4 Å². The first kappa shape index (κ1) is 23.0. The highest BCUT2D eigenvalue weighted by Gasteiger charge is 2.26. The first-order chi connectivity index (χ1) is 15.5. The number of nitrogens with zero attached hydrogens (tertiary/aromatic N) is 1. The second-order valence-electron chi connectivity index (χ2n) is 9.02. The quantitative estimate of drug-likeness (QED) is 0.667. The maximum atomic E-state index is 13.1. The maximum Gasteiger partial charge on any atom is 0.251 e. The lowest BCUT2D eigenvalue weighted by molar-refractivity contribution is 0.0935. The largest absolute Gasteiger partial charge is 0.345 e. The second-order valence-corrected chi connectivity index (χ2v) is 11.0. The summed E-state index contributed by atoms with van der Waals surface area (Å²) < 4.78 is 27.9. The molecular weight excluding hydrogens is 420 g/mol. The van der Waals surface area contributed by atoms with Gasteiger partial charge in [-0.05, 0) is 79.8 Å². The predicted molar refractivity (Wildman–Crippen MR) is 127 cm³/mol. The Bertz CT molecular complexity index is 1060. The van der Waals surface area contributed by atoms with Crippen LogP contribution >= 0.6 is 0 Å². The van der Waals surface area contributed by atoms with Crippen LogP contribution in [0.5, 0.6) is 0 Å². The monoisotopic (exact) mass is 454 g/mol. The highest BCUT2D eigenvalue weighted by Crippen LogP contribution is 2.27. The lowest BCUT2D eigenvalue weighted by Gasteiger charge is -2.22. The van der Waals surface area contributed by atoms with Crippen molar-refractivity contribution in [3.63, 3.8) is 0 Å². The summed E-state index contributed by atoms with van der Waals surface area (Å²) in [5.74, 6) is -0.234. The number of sulfonamides is 1. The number of rotatable bonds is 6. The molecule has 0 saturated carbocycles. The van der Waals surface area contributed by atoms with Crippen molar-refractivity contribution in [2.45, 2.75) is 75.6 Å². The third-order valence-corrected chi connectivity index (χ3v) is 8.68. The molecular formula is C26H34N2O3S. The topological polar surface area (TPSA) is 66.5 Å². The lowest BCUT2D eigenvalue weighted by atomic mass is 9.88. The number of amides is 1. The molecule has 1 atom stereocenters. The van der Waals surface area contributed by atoms with Crippen molar-refractivity contribution in [2.75, 3.05) is 13.1 Å². The molecule has 4 rings (SSSR count). The fourth-order valence-electron chi connectivity index (χ4n) is 4.86. The van der Waals surface area contributed by atoms with Crippen LogP contribution in [0, 0.1) is 0 Å². The molecule has 1 amide bonds. The van der Waals surface area contributed by atoms with E-state index in [0.29, 0.717) is 18.7 Å². The maximum absolute atomic E-state index is 13.1. The van der Waals surface area contributed by atoms with Gasteiger partial charge in [-0.15, -0.1) is 0 Å². The van der Waals surface area contributed by atoms with Crippen molar-refractivity contribution >= 4 is 15.9 Å². The van der Waals surface area contributed by atoms with E-state index in [2.05, 4.69) is 30.4 Å². The Hall–Kier alpha value is -2.18. The third-order valence-electron chi connectivity index (χ3n) is 6.79. The van der Waals surface area contributed by atoms with E-state index in [1.165, 1.54) is 30.0 Å². The molecule has 5 nitrogen and oxygen atoms in total.